The number of aromatic hydroxyl groups is 2. The van der Waals surface area contributed by atoms with Crippen LogP contribution in [0, 0.1) is 0 Å². The fourth-order valence-corrected chi connectivity index (χ4v) is 6.33. The monoisotopic (exact) mass is 756 g/mol. The van der Waals surface area contributed by atoms with Crippen molar-refractivity contribution in [2.45, 2.75) is 106 Å². The second-order valence-corrected chi connectivity index (χ2v) is 13.0. The molecule has 0 spiro atoms. The Kier molecular flexibility index (Phi) is 11.5. The standard InChI is InChI=1S/C33H40O20/c1-10-20(37)24(41)26(43)30(46-10)19-23(40)18-15(36)7-14(8-16(18)51-52-29(19)12-3-5-13(35)6-4-12)50-53-33-28(45)31(21(38)11(2)47-33)49-32-27(44)25(42)22(39)17(9-34)48-32/h3-8,10-11,17,20-22,24-28,30-39,41-45H,9H2,1-2H3. The Labute approximate surface area is 299 Å². The molecule has 4 aliphatic rings. The summed E-state index contributed by atoms with van der Waals surface area (Å²) in [4.78, 5) is 35.7. The van der Waals surface area contributed by atoms with Crippen molar-refractivity contribution in [2.75, 3.05) is 6.61 Å². The molecule has 15 atom stereocenters. The van der Waals surface area contributed by atoms with E-state index in [1.165, 1.54) is 38.1 Å². The Hall–Kier alpha value is -3.71. The van der Waals surface area contributed by atoms with Crippen molar-refractivity contribution in [1.29, 1.82) is 0 Å². The molecule has 2 aromatic rings. The van der Waals surface area contributed by atoms with Gasteiger partial charge in [0.05, 0.1) is 24.4 Å². The van der Waals surface area contributed by atoms with Crippen molar-refractivity contribution in [3.63, 3.8) is 0 Å². The zero-order valence-corrected chi connectivity index (χ0v) is 27.9. The number of phenolic OH excluding ortho intramolecular Hbond substituents is 2. The van der Waals surface area contributed by atoms with Gasteiger partial charge >= 0.3 is 0 Å². The summed E-state index contributed by atoms with van der Waals surface area (Å²) in [5.74, 6) is -3.03. The molecule has 0 amide bonds. The molecule has 3 saturated heterocycles. The first-order valence-corrected chi connectivity index (χ1v) is 16.4. The van der Waals surface area contributed by atoms with E-state index in [0.29, 0.717) is 0 Å². The molecule has 53 heavy (non-hydrogen) atoms. The van der Waals surface area contributed by atoms with Crippen LogP contribution in [-0.4, -0.2) is 160 Å². The molecule has 3 fully saturated rings. The van der Waals surface area contributed by atoms with Gasteiger partial charge in [0.15, 0.2) is 23.5 Å². The molecule has 6 rings (SSSR count). The van der Waals surface area contributed by atoms with Crippen molar-refractivity contribution in [1.82, 2.24) is 0 Å². The quantitative estimate of drug-likeness (QED) is 0.0936. The molecule has 0 aromatic heterocycles. The number of hydrogen-bond acceptors (Lipinski definition) is 20. The highest BCUT2D eigenvalue weighted by molar-refractivity contribution is 6.16. The minimum absolute atomic E-state index is 0.136. The number of aliphatic hydroxyl groups excluding tert-OH is 9. The van der Waals surface area contributed by atoms with Gasteiger partial charge in [-0.05, 0) is 38.1 Å². The van der Waals surface area contributed by atoms with E-state index < -0.39 is 127 Å². The van der Waals surface area contributed by atoms with Crippen LogP contribution in [0.3, 0.4) is 0 Å². The van der Waals surface area contributed by atoms with Gasteiger partial charge in [0.1, 0.15) is 84.2 Å². The first-order chi connectivity index (χ1) is 25.1. The van der Waals surface area contributed by atoms with Gasteiger partial charge in [-0.1, -0.05) is 0 Å². The number of aliphatic hydroxyl groups is 9. The maximum Gasteiger partial charge on any atom is 0.232 e. The molecule has 4 heterocycles. The van der Waals surface area contributed by atoms with E-state index in [1.54, 1.807) is 0 Å². The largest absolute Gasteiger partial charge is 0.508 e. The van der Waals surface area contributed by atoms with E-state index in [9.17, 15) is 61.0 Å². The Balaban J connectivity index is 1.24. The first kappa shape index (κ1) is 39.0. The zero-order chi connectivity index (χ0) is 38.5. The third-order valence-corrected chi connectivity index (χ3v) is 9.41. The van der Waals surface area contributed by atoms with Gasteiger partial charge < -0.3 is 80.0 Å². The van der Waals surface area contributed by atoms with Crippen molar-refractivity contribution >= 4 is 11.5 Å². The van der Waals surface area contributed by atoms with E-state index in [1.807, 2.05) is 0 Å². The zero-order valence-electron chi connectivity index (χ0n) is 27.9. The van der Waals surface area contributed by atoms with E-state index in [2.05, 4.69) is 0 Å². The summed E-state index contributed by atoms with van der Waals surface area (Å²) in [5, 5.41) is 114. The maximum atomic E-state index is 14.2. The lowest BCUT2D eigenvalue weighted by molar-refractivity contribution is -0.401. The number of fused-ring (bicyclic) bond motifs is 1. The lowest BCUT2D eigenvalue weighted by atomic mass is 9.86. The average Bonchev–Trinajstić information content (AvgIpc) is 3.28. The molecule has 11 N–H and O–H groups in total. The Bertz CT molecular complexity index is 1650. The highest BCUT2D eigenvalue weighted by Crippen LogP contribution is 2.43. The highest BCUT2D eigenvalue weighted by Gasteiger charge is 2.51. The number of ether oxygens (including phenoxy) is 4. The van der Waals surface area contributed by atoms with Gasteiger partial charge in [-0.25, -0.2) is 0 Å². The molecule has 292 valence electrons. The van der Waals surface area contributed by atoms with Crippen LogP contribution in [0.4, 0.5) is 0 Å². The molecule has 20 heteroatoms. The van der Waals surface area contributed by atoms with Crippen molar-refractivity contribution in [3.05, 3.63) is 53.1 Å². The molecule has 4 aliphatic heterocycles. The lowest BCUT2D eigenvalue weighted by Crippen LogP contribution is -2.64. The van der Waals surface area contributed by atoms with E-state index >= 15 is 0 Å². The molecular weight excluding hydrogens is 716 g/mol. The summed E-state index contributed by atoms with van der Waals surface area (Å²) in [6.07, 6.45) is -24.1. The third-order valence-electron chi connectivity index (χ3n) is 9.41. The van der Waals surface area contributed by atoms with Crippen LogP contribution in [0.2, 0.25) is 0 Å². The maximum absolute atomic E-state index is 14.2. The first-order valence-electron chi connectivity index (χ1n) is 16.4. The van der Waals surface area contributed by atoms with Gasteiger partial charge in [0, 0.05) is 17.7 Å². The summed E-state index contributed by atoms with van der Waals surface area (Å²) in [5.41, 5.74) is -0.789. The number of rotatable bonds is 8. The van der Waals surface area contributed by atoms with Gasteiger partial charge in [-0.2, -0.15) is 4.89 Å². The second kappa shape index (κ2) is 15.6. The summed E-state index contributed by atoms with van der Waals surface area (Å²) >= 11 is 0. The smallest absolute Gasteiger partial charge is 0.232 e. The number of benzene rings is 2. The molecule has 20 nitrogen and oxygen atoms in total. The Morgan fingerprint density at radius 1 is 0.698 bits per heavy atom. The Morgan fingerprint density at radius 2 is 1.36 bits per heavy atom. The number of hydrogen-bond donors (Lipinski definition) is 11. The average molecular weight is 757 g/mol. The molecule has 0 radical (unpaired) electrons. The normalized spacial score (nSPS) is 39.1. The number of carbonyl (C=O) groups is 1. The van der Waals surface area contributed by atoms with E-state index in [0.717, 1.165) is 12.1 Å². The van der Waals surface area contributed by atoms with E-state index in [-0.39, 0.29) is 22.8 Å². The lowest BCUT2D eigenvalue weighted by Gasteiger charge is -2.45. The minimum Gasteiger partial charge on any atom is -0.508 e. The fourth-order valence-electron chi connectivity index (χ4n) is 6.33. The minimum atomic E-state index is -1.87. The van der Waals surface area contributed by atoms with Crippen LogP contribution in [0.25, 0.3) is 5.76 Å². The second-order valence-electron chi connectivity index (χ2n) is 13.0. The van der Waals surface area contributed by atoms with Gasteiger partial charge in [0.25, 0.3) is 0 Å². The van der Waals surface area contributed by atoms with Gasteiger partial charge in [-0.15, -0.1) is 0 Å². The Morgan fingerprint density at radius 3 is 2.04 bits per heavy atom. The molecule has 15 unspecified atom stereocenters. The van der Waals surface area contributed by atoms with Crippen molar-refractivity contribution in [2.24, 2.45) is 0 Å². The van der Waals surface area contributed by atoms with Gasteiger partial charge in [0.2, 0.25) is 12.1 Å². The van der Waals surface area contributed by atoms with Crippen LogP contribution < -0.4 is 9.78 Å². The third kappa shape index (κ3) is 7.39. The molecule has 0 aliphatic carbocycles. The summed E-state index contributed by atoms with van der Waals surface area (Å²) in [6, 6.07) is 7.20. The number of ketones is 1. The van der Waals surface area contributed by atoms with Crippen LogP contribution in [0.1, 0.15) is 29.8 Å². The van der Waals surface area contributed by atoms with Crippen molar-refractivity contribution < 1.29 is 99.5 Å². The van der Waals surface area contributed by atoms with Crippen LogP contribution in [0.15, 0.2) is 42.0 Å². The molecule has 0 saturated carbocycles. The predicted molar refractivity (Wildman–Crippen MR) is 168 cm³/mol. The SMILES string of the molecule is CC1OC(C2=C(c3ccc(O)cc3)OOc3cc(OOC4OC(C)C(O)C(OC5OC(CO)C(O)C(O)C5O)C4O)cc(O)c3C2=O)C(O)C(O)C1O. The van der Waals surface area contributed by atoms with Crippen molar-refractivity contribution in [3.8, 4) is 23.0 Å². The van der Waals surface area contributed by atoms with E-state index in [4.69, 9.17) is 38.5 Å². The fraction of sp³-hybridized carbons (Fsp3) is 0.545. The van der Waals surface area contributed by atoms with Crippen LogP contribution in [0.5, 0.6) is 23.0 Å². The summed E-state index contributed by atoms with van der Waals surface area (Å²) < 4.78 is 22.1. The highest BCUT2D eigenvalue weighted by atomic mass is 17.2. The number of Topliss-reactive ketones (excluding diaryl/α,β-unsaturated/α-hetero) is 1. The van der Waals surface area contributed by atoms with Crippen LogP contribution in [-0.2, 0) is 28.7 Å². The number of carbonyl (C=O) groups excluding carboxylic acids is 1. The van der Waals surface area contributed by atoms with Crippen LogP contribution >= 0.6 is 0 Å². The summed E-state index contributed by atoms with van der Waals surface area (Å²) in [6.45, 7) is 2.02. The van der Waals surface area contributed by atoms with Gasteiger partial charge in [-0.3, -0.25) is 14.6 Å². The topological polar surface area (TPSA) is 313 Å². The predicted octanol–water partition coefficient (Wildman–Crippen LogP) is -3.15. The molecule has 0 bridgehead atoms. The molecule has 2 aromatic carbocycles. The number of phenols is 2. The molecular formula is C33H40O20. The summed E-state index contributed by atoms with van der Waals surface area (Å²) in [7, 11) is 0.